The molecule has 0 heterocycles. The third-order valence-corrected chi connectivity index (χ3v) is 1.90. The standard InChI is InChI=1S/C11H15N2O/c1-9(14)12-11(13(2)3)10-7-5-4-6-8-10/h4-8,11H,2H2,1,3H3,(H,12,14). The molecule has 0 aliphatic heterocycles. The van der Waals surface area contributed by atoms with Gasteiger partial charge >= 0.3 is 0 Å². The quantitative estimate of drug-likeness (QED) is 0.735. The number of carbonyl (C=O) groups excluding carboxylic acids is 1. The topological polar surface area (TPSA) is 32.3 Å². The maximum Gasteiger partial charge on any atom is 0.218 e. The van der Waals surface area contributed by atoms with E-state index in [1.807, 2.05) is 37.4 Å². The van der Waals surface area contributed by atoms with Gasteiger partial charge in [0.25, 0.3) is 0 Å². The summed E-state index contributed by atoms with van der Waals surface area (Å²) in [6, 6.07) is 9.74. The van der Waals surface area contributed by atoms with Crippen LogP contribution in [0.15, 0.2) is 30.3 Å². The maximum absolute atomic E-state index is 11.0. The Kier molecular flexibility index (Phi) is 3.65. The number of amides is 1. The normalized spacial score (nSPS) is 12.6. The number of nitrogens with one attached hydrogen (secondary N) is 1. The monoisotopic (exact) mass is 191 g/mol. The van der Waals surface area contributed by atoms with Crippen LogP contribution < -0.4 is 5.32 Å². The van der Waals surface area contributed by atoms with Crippen molar-refractivity contribution in [2.24, 2.45) is 0 Å². The fraction of sp³-hybridized carbons (Fsp3) is 0.273. The van der Waals surface area contributed by atoms with Crippen LogP contribution >= 0.6 is 0 Å². The Morgan fingerprint density at radius 2 is 2.00 bits per heavy atom. The molecule has 0 aliphatic carbocycles. The van der Waals surface area contributed by atoms with Crippen LogP contribution in [-0.2, 0) is 4.79 Å². The summed E-state index contributed by atoms with van der Waals surface area (Å²) >= 11 is 0. The van der Waals surface area contributed by atoms with Crippen molar-refractivity contribution in [1.29, 1.82) is 0 Å². The Labute approximate surface area is 84.7 Å². The highest BCUT2D eigenvalue weighted by Gasteiger charge is 2.13. The van der Waals surface area contributed by atoms with Crippen LogP contribution in [0.1, 0.15) is 18.7 Å². The summed E-state index contributed by atoms with van der Waals surface area (Å²) in [5, 5.41) is 2.82. The Morgan fingerprint density at radius 1 is 1.43 bits per heavy atom. The molecule has 75 valence electrons. The summed E-state index contributed by atoms with van der Waals surface area (Å²) in [5.74, 6) is -0.0608. The van der Waals surface area contributed by atoms with Gasteiger partial charge in [0, 0.05) is 14.0 Å². The summed E-state index contributed by atoms with van der Waals surface area (Å²) in [6.07, 6.45) is -0.159. The SMILES string of the molecule is [CH2]N(C)C(NC(C)=O)c1ccccc1. The summed E-state index contributed by atoms with van der Waals surface area (Å²) in [7, 11) is 5.61. The average molecular weight is 191 g/mol. The molecule has 0 saturated carbocycles. The molecule has 1 aromatic carbocycles. The van der Waals surface area contributed by atoms with E-state index in [2.05, 4.69) is 12.4 Å². The lowest BCUT2D eigenvalue weighted by Gasteiger charge is -2.24. The zero-order valence-electron chi connectivity index (χ0n) is 8.53. The van der Waals surface area contributed by atoms with E-state index in [1.165, 1.54) is 6.92 Å². The second kappa shape index (κ2) is 4.77. The molecule has 3 heteroatoms. The highest BCUT2D eigenvalue weighted by atomic mass is 16.1. The molecule has 1 rings (SSSR count). The minimum Gasteiger partial charge on any atom is -0.337 e. The van der Waals surface area contributed by atoms with Gasteiger partial charge in [-0.25, -0.2) is 0 Å². The third kappa shape index (κ3) is 2.85. The molecule has 1 unspecified atom stereocenters. The lowest BCUT2D eigenvalue weighted by atomic mass is 10.1. The first-order valence-corrected chi connectivity index (χ1v) is 4.46. The Bertz CT molecular complexity index is 295. The Hall–Kier alpha value is -1.35. The van der Waals surface area contributed by atoms with Gasteiger partial charge in [0.2, 0.25) is 5.91 Å². The number of carbonyl (C=O) groups is 1. The van der Waals surface area contributed by atoms with Crippen molar-refractivity contribution in [3.05, 3.63) is 42.9 Å². The molecule has 1 amide bonds. The minimum atomic E-state index is -0.159. The van der Waals surface area contributed by atoms with Crippen LogP contribution in [-0.4, -0.2) is 17.9 Å². The van der Waals surface area contributed by atoms with E-state index in [-0.39, 0.29) is 12.1 Å². The molecule has 14 heavy (non-hydrogen) atoms. The van der Waals surface area contributed by atoms with Crippen molar-refractivity contribution in [2.45, 2.75) is 13.1 Å². The molecular weight excluding hydrogens is 176 g/mol. The van der Waals surface area contributed by atoms with Crippen LogP contribution in [0.5, 0.6) is 0 Å². The first kappa shape index (κ1) is 10.7. The van der Waals surface area contributed by atoms with Crippen molar-refractivity contribution < 1.29 is 4.79 Å². The molecule has 1 aromatic rings. The highest BCUT2D eigenvalue weighted by molar-refractivity contribution is 5.73. The third-order valence-electron chi connectivity index (χ3n) is 1.90. The van der Waals surface area contributed by atoms with Gasteiger partial charge in [-0.2, -0.15) is 0 Å². The zero-order valence-corrected chi connectivity index (χ0v) is 8.53. The van der Waals surface area contributed by atoms with E-state index in [4.69, 9.17) is 0 Å². The molecule has 0 saturated heterocycles. The van der Waals surface area contributed by atoms with Crippen LogP contribution in [0.4, 0.5) is 0 Å². The van der Waals surface area contributed by atoms with Crippen molar-refractivity contribution in [1.82, 2.24) is 10.2 Å². The fourth-order valence-electron chi connectivity index (χ4n) is 1.28. The van der Waals surface area contributed by atoms with Gasteiger partial charge in [-0.1, -0.05) is 30.3 Å². The zero-order chi connectivity index (χ0) is 10.6. The Balaban J connectivity index is 2.83. The first-order valence-electron chi connectivity index (χ1n) is 4.46. The van der Waals surface area contributed by atoms with Gasteiger partial charge in [-0.3, -0.25) is 9.69 Å². The van der Waals surface area contributed by atoms with Crippen molar-refractivity contribution in [3.8, 4) is 0 Å². The van der Waals surface area contributed by atoms with Crippen LogP contribution in [0.25, 0.3) is 0 Å². The number of hydrogen-bond donors (Lipinski definition) is 1. The molecule has 3 nitrogen and oxygen atoms in total. The van der Waals surface area contributed by atoms with Crippen LogP contribution in [0.3, 0.4) is 0 Å². The summed E-state index contributed by atoms with van der Waals surface area (Å²) in [5.41, 5.74) is 1.03. The van der Waals surface area contributed by atoms with E-state index >= 15 is 0 Å². The van der Waals surface area contributed by atoms with E-state index in [0.717, 1.165) is 5.56 Å². The summed E-state index contributed by atoms with van der Waals surface area (Å²) in [4.78, 5) is 12.7. The van der Waals surface area contributed by atoms with Crippen molar-refractivity contribution >= 4 is 5.91 Å². The largest absolute Gasteiger partial charge is 0.337 e. The highest BCUT2D eigenvalue weighted by Crippen LogP contribution is 2.14. The molecule has 0 spiro atoms. The maximum atomic E-state index is 11.0. The summed E-state index contributed by atoms with van der Waals surface area (Å²) < 4.78 is 0. The molecule has 0 aromatic heterocycles. The molecule has 1 N–H and O–H groups in total. The minimum absolute atomic E-state index is 0.0608. The predicted molar refractivity (Wildman–Crippen MR) is 56.1 cm³/mol. The molecule has 1 radical (unpaired) electrons. The van der Waals surface area contributed by atoms with Crippen molar-refractivity contribution in [3.63, 3.8) is 0 Å². The number of benzene rings is 1. The van der Waals surface area contributed by atoms with Crippen LogP contribution in [0.2, 0.25) is 0 Å². The number of rotatable bonds is 3. The molecule has 0 bridgehead atoms. The van der Waals surface area contributed by atoms with Gasteiger partial charge in [0.1, 0.15) is 6.17 Å². The molecule has 1 atom stereocenters. The summed E-state index contributed by atoms with van der Waals surface area (Å²) in [6.45, 7) is 1.50. The van der Waals surface area contributed by atoms with Gasteiger partial charge in [0.05, 0.1) is 0 Å². The van der Waals surface area contributed by atoms with Crippen LogP contribution in [0, 0.1) is 7.05 Å². The fourth-order valence-corrected chi connectivity index (χ4v) is 1.28. The van der Waals surface area contributed by atoms with Gasteiger partial charge in [0.15, 0.2) is 0 Å². The smallest absolute Gasteiger partial charge is 0.218 e. The second-order valence-corrected chi connectivity index (χ2v) is 3.27. The Morgan fingerprint density at radius 3 is 2.43 bits per heavy atom. The number of hydrogen-bond acceptors (Lipinski definition) is 2. The van der Waals surface area contributed by atoms with E-state index in [1.54, 1.807) is 4.90 Å². The first-order chi connectivity index (χ1) is 6.61. The predicted octanol–water partition coefficient (Wildman–Crippen LogP) is 1.54. The average Bonchev–Trinajstić information content (AvgIpc) is 2.15. The van der Waals surface area contributed by atoms with Gasteiger partial charge in [-0.05, 0) is 12.6 Å². The van der Waals surface area contributed by atoms with Gasteiger partial charge in [-0.15, -0.1) is 0 Å². The van der Waals surface area contributed by atoms with Crippen molar-refractivity contribution in [2.75, 3.05) is 7.05 Å². The van der Waals surface area contributed by atoms with E-state index in [0.29, 0.717) is 0 Å². The lowest BCUT2D eigenvalue weighted by molar-refractivity contribution is -0.120. The van der Waals surface area contributed by atoms with E-state index in [9.17, 15) is 4.79 Å². The molecule has 0 fully saturated rings. The lowest BCUT2D eigenvalue weighted by Crippen LogP contribution is -2.35. The second-order valence-electron chi connectivity index (χ2n) is 3.27. The van der Waals surface area contributed by atoms with E-state index < -0.39 is 0 Å². The van der Waals surface area contributed by atoms with Gasteiger partial charge < -0.3 is 5.32 Å². The number of nitrogens with zero attached hydrogens (tertiary/aromatic N) is 1. The molecular formula is C11H15N2O. The molecule has 0 aliphatic rings.